The summed E-state index contributed by atoms with van der Waals surface area (Å²) in [4.78, 5) is 4.66. The van der Waals surface area contributed by atoms with Gasteiger partial charge in [0.05, 0.1) is 31.4 Å². The maximum Gasteiger partial charge on any atom is 0.191 e. The molecule has 2 aromatic carbocycles. The van der Waals surface area contributed by atoms with Crippen LogP contribution in [0.4, 0.5) is 0 Å². The molecule has 0 aromatic heterocycles. The fourth-order valence-corrected chi connectivity index (χ4v) is 3.08. The Morgan fingerprint density at radius 2 is 2.07 bits per heavy atom. The van der Waals surface area contributed by atoms with Crippen molar-refractivity contribution in [1.29, 1.82) is 5.26 Å². The number of nitriles is 1. The number of ether oxygens (including phenoxy) is 2. The van der Waals surface area contributed by atoms with E-state index in [1.54, 1.807) is 0 Å². The number of aliphatic imine (C=N–C) groups is 1. The highest BCUT2D eigenvalue weighted by Gasteiger charge is 2.18. The minimum absolute atomic E-state index is 0.119. The summed E-state index contributed by atoms with van der Waals surface area (Å²) in [6.07, 6.45) is 1.05. The quantitative estimate of drug-likeness (QED) is 0.558. The van der Waals surface area contributed by atoms with Crippen molar-refractivity contribution >= 4 is 5.96 Å². The van der Waals surface area contributed by atoms with Crippen molar-refractivity contribution in [3.8, 4) is 11.8 Å². The molecule has 152 valence electrons. The van der Waals surface area contributed by atoms with Gasteiger partial charge in [0.25, 0.3) is 0 Å². The number of nitrogens with zero attached hydrogens (tertiary/aromatic N) is 2. The van der Waals surface area contributed by atoms with Gasteiger partial charge < -0.3 is 20.1 Å². The molecule has 0 bridgehead atoms. The summed E-state index contributed by atoms with van der Waals surface area (Å²) in [7, 11) is 0. The van der Waals surface area contributed by atoms with Crippen LogP contribution >= 0.6 is 0 Å². The lowest BCUT2D eigenvalue weighted by atomic mass is 10.1. The number of hydrogen-bond acceptors (Lipinski definition) is 4. The second-order valence-corrected chi connectivity index (χ2v) is 7.07. The molecule has 1 aliphatic rings. The molecule has 1 aliphatic heterocycles. The molecule has 0 radical (unpaired) electrons. The van der Waals surface area contributed by atoms with Crippen LogP contribution in [0.15, 0.2) is 47.5 Å². The lowest BCUT2D eigenvalue weighted by Gasteiger charge is -2.18. The van der Waals surface area contributed by atoms with Crippen molar-refractivity contribution in [1.82, 2.24) is 10.6 Å². The largest absolute Gasteiger partial charge is 0.488 e. The number of aryl methyl sites for hydroxylation is 1. The van der Waals surface area contributed by atoms with Gasteiger partial charge in [0.1, 0.15) is 11.9 Å². The Hall–Kier alpha value is -3.04. The van der Waals surface area contributed by atoms with E-state index in [0.29, 0.717) is 25.3 Å². The first-order chi connectivity index (χ1) is 14.2. The third kappa shape index (κ3) is 6.23. The smallest absolute Gasteiger partial charge is 0.191 e. The first kappa shape index (κ1) is 20.7. The van der Waals surface area contributed by atoms with E-state index in [4.69, 9.17) is 14.7 Å². The Labute approximate surface area is 172 Å². The van der Waals surface area contributed by atoms with Crippen LogP contribution in [-0.4, -0.2) is 31.8 Å². The van der Waals surface area contributed by atoms with Crippen molar-refractivity contribution in [2.24, 2.45) is 4.99 Å². The third-order valence-electron chi connectivity index (χ3n) is 4.70. The van der Waals surface area contributed by atoms with Crippen LogP contribution in [0.25, 0.3) is 0 Å². The summed E-state index contributed by atoms with van der Waals surface area (Å²) >= 11 is 0. The molecule has 2 N–H and O–H groups in total. The van der Waals surface area contributed by atoms with Crippen molar-refractivity contribution in [2.75, 3.05) is 19.8 Å². The topological polar surface area (TPSA) is 78.7 Å². The Bertz CT molecular complexity index is 865. The molecule has 1 atom stereocenters. The van der Waals surface area contributed by atoms with Gasteiger partial charge in [-0.05, 0) is 43.2 Å². The van der Waals surface area contributed by atoms with Crippen LogP contribution in [0.3, 0.4) is 0 Å². The summed E-state index contributed by atoms with van der Waals surface area (Å²) in [5.74, 6) is 1.64. The van der Waals surface area contributed by atoms with E-state index >= 15 is 0 Å². The van der Waals surface area contributed by atoms with E-state index < -0.39 is 0 Å². The number of nitrogens with one attached hydrogen (secondary N) is 2. The Morgan fingerprint density at radius 3 is 2.76 bits per heavy atom. The molecule has 3 rings (SSSR count). The van der Waals surface area contributed by atoms with Gasteiger partial charge in [-0.2, -0.15) is 5.26 Å². The van der Waals surface area contributed by atoms with E-state index in [-0.39, 0.29) is 6.10 Å². The van der Waals surface area contributed by atoms with Crippen LogP contribution < -0.4 is 15.4 Å². The second-order valence-electron chi connectivity index (χ2n) is 7.07. The number of guanidine groups is 1. The molecule has 0 amide bonds. The van der Waals surface area contributed by atoms with Gasteiger partial charge in [0.15, 0.2) is 5.96 Å². The number of benzene rings is 2. The fraction of sp³-hybridized carbons (Fsp3) is 0.391. The molecule has 0 spiro atoms. The van der Waals surface area contributed by atoms with Crippen LogP contribution in [0.2, 0.25) is 0 Å². The predicted molar refractivity (Wildman–Crippen MR) is 114 cm³/mol. The molecule has 1 saturated heterocycles. The molecule has 2 aromatic rings. The first-order valence-corrected chi connectivity index (χ1v) is 10.0. The fourth-order valence-electron chi connectivity index (χ4n) is 3.08. The molecule has 1 heterocycles. The minimum atomic E-state index is 0.119. The molecule has 6 heteroatoms. The van der Waals surface area contributed by atoms with Gasteiger partial charge >= 0.3 is 0 Å². The monoisotopic (exact) mass is 392 g/mol. The Morgan fingerprint density at radius 1 is 1.24 bits per heavy atom. The molecule has 6 nitrogen and oxygen atoms in total. The molecule has 29 heavy (non-hydrogen) atoms. The normalized spacial score (nSPS) is 16.3. The van der Waals surface area contributed by atoms with Crippen LogP contribution in [0.1, 0.15) is 35.6 Å². The summed E-state index contributed by atoms with van der Waals surface area (Å²) in [5, 5.41) is 15.6. The third-order valence-corrected chi connectivity index (χ3v) is 4.70. The highest BCUT2D eigenvalue weighted by atomic mass is 16.5. The SMILES string of the molecule is CCNC(=NCc1ccc(C#N)cc1)NCc1ccc(C)cc1OC1CCOC1. The maximum absolute atomic E-state index is 8.91. The van der Waals surface area contributed by atoms with Gasteiger partial charge in [-0.15, -0.1) is 0 Å². The number of hydrogen-bond donors (Lipinski definition) is 2. The highest BCUT2D eigenvalue weighted by molar-refractivity contribution is 5.79. The zero-order chi connectivity index (χ0) is 20.5. The summed E-state index contributed by atoms with van der Waals surface area (Å²) in [5.41, 5.74) is 3.97. The molecular formula is C23H28N4O2. The van der Waals surface area contributed by atoms with Crippen LogP contribution in [-0.2, 0) is 17.8 Å². The zero-order valence-corrected chi connectivity index (χ0v) is 17.1. The van der Waals surface area contributed by atoms with Gasteiger partial charge in [0, 0.05) is 25.1 Å². The standard InChI is InChI=1S/C23H28N4O2/c1-3-25-23(26-14-19-7-5-18(13-24)6-8-19)27-15-20-9-4-17(2)12-22(20)29-21-10-11-28-16-21/h4-9,12,21H,3,10-11,14-16H2,1-2H3,(H2,25,26,27). The maximum atomic E-state index is 8.91. The second kappa shape index (κ2) is 10.5. The zero-order valence-electron chi connectivity index (χ0n) is 17.1. The van der Waals surface area contributed by atoms with E-state index in [1.165, 1.54) is 5.56 Å². The van der Waals surface area contributed by atoms with E-state index in [9.17, 15) is 0 Å². The van der Waals surface area contributed by atoms with Gasteiger partial charge in [-0.25, -0.2) is 4.99 Å². The molecule has 0 aliphatic carbocycles. The highest BCUT2D eigenvalue weighted by Crippen LogP contribution is 2.23. The van der Waals surface area contributed by atoms with Crippen LogP contribution in [0, 0.1) is 18.3 Å². The van der Waals surface area contributed by atoms with Gasteiger partial charge in [0.2, 0.25) is 0 Å². The first-order valence-electron chi connectivity index (χ1n) is 10.0. The molecule has 1 fully saturated rings. The molecule has 0 saturated carbocycles. The van der Waals surface area contributed by atoms with E-state index in [2.05, 4.69) is 46.8 Å². The molecule has 1 unspecified atom stereocenters. The lowest BCUT2D eigenvalue weighted by molar-refractivity contribution is 0.140. The minimum Gasteiger partial charge on any atom is -0.488 e. The van der Waals surface area contributed by atoms with Crippen molar-refractivity contribution in [3.63, 3.8) is 0 Å². The van der Waals surface area contributed by atoms with E-state index in [0.717, 1.165) is 42.4 Å². The summed E-state index contributed by atoms with van der Waals surface area (Å²) in [6.45, 7) is 7.44. The molecular weight excluding hydrogens is 364 g/mol. The van der Waals surface area contributed by atoms with Gasteiger partial charge in [-0.1, -0.05) is 24.3 Å². The van der Waals surface area contributed by atoms with Gasteiger partial charge in [-0.3, -0.25) is 0 Å². The lowest BCUT2D eigenvalue weighted by Crippen LogP contribution is -2.37. The van der Waals surface area contributed by atoms with Crippen molar-refractivity contribution in [2.45, 2.75) is 39.5 Å². The average molecular weight is 393 g/mol. The summed E-state index contributed by atoms with van der Waals surface area (Å²) in [6, 6.07) is 15.9. The Balaban J connectivity index is 1.65. The van der Waals surface area contributed by atoms with E-state index in [1.807, 2.05) is 31.2 Å². The van der Waals surface area contributed by atoms with Crippen molar-refractivity contribution < 1.29 is 9.47 Å². The number of rotatable bonds is 7. The van der Waals surface area contributed by atoms with Crippen LogP contribution in [0.5, 0.6) is 5.75 Å². The van der Waals surface area contributed by atoms with Crippen molar-refractivity contribution in [3.05, 3.63) is 64.7 Å². The summed E-state index contributed by atoms with van der Waals surface area (Å²) < 4.78 is 11.6. The average Bonchev–Trinajstić information content (AvgIpc) is 3.24. The Kier molecular flexibility index (Phi) is 7.48. The predicted octanol–water partition coefficient (Wildman–Crippen LogP) is 3.29.